The Kier molecular flexibility index (Phi) is 4.07. The molecule has 0 unspecified atom stereocenters. The number of rotatable bonds is 4. The van der Waals surface area contributed by atoms with Crippen molar-refractivity contribution in [3.63, 3.8) is 0 Å². The third kappa shape index (κ3) is 3.06. The predicted octanol–water partition coefficient (Wildman–Crippen LogP) is 2.40. The van der Waals surface area contributed by atoms with Crippen molar-refractivity contribution < 1.29 is 14.7 Å². The summed E-state index contributed by atoms with van der Waals surface area (Å²) in [6.07, 6.45) is 3.60. The van der Waals surface area contributed by atoms with Crippen LogP contribution in [0.25, 0.3) is 0 Å². The number of aliphatic carboxylic acids is 1. The topological polar surface area (TPSA) is 82.0 Å². The Bertz CT molecular complexity index is 646. The van der Waals surface area contributed by atoms with E-state index in [1.54, 1.807) is 12.1 Å². The molecule has 1 aromatic rings. The van der Waals surface area contributed by atoms with E-state index in [0.29, 0.717) is 18.4 Å². The number of nitrogens with zero attached hydrogens (tertiary/aromatic N) is 2. The van der Waals surface area contributed by atoms with Crippen LogP contribution < -0.4 is 10.3 Å². The molecule has 1 saturated carbocycles. The van der Waals surface area contributed by atoms with E-state index >= 15 is 0 Å². The molecule has 0 spiro atoms. The summed E-state index contributed by atoms with van der Waals surface area (Å²) in [5, 5.41) is 18.5. The summed E-state index contributed by atoms with van der Waals surface area (Å²) in [6, 6.07) is 7.13. The fourth-order valence-electron chi connectivity index (χ4n) is 3.21. The summed E-state index contributed by atoms with van der Waals surface area (Å²) in [5.41, 5.74) is 1.40. The zero-order valence-corrected chi connectivity index (χ0v) is 13.2. The lowest BCUT2D eigenvalue weighted by atomic mass is 9.97. The van der Waals surface area contributed by atoms with Crippen LogP contribution in [0.5, 0.6) is 0 Å². The van der Waals surface area contributed by atoms with E-state index in [1.807, 2.05) is 24.1 Å². The molecule has 2 aliphatic rings. The van der Waals surface area contributed by atoms with E-state index in [-0.39, 0.29) is 5.91 Å². The van der Waals surface area contributed by atoms with Gasteiger partial charge in [0.2, 0.25) is 0 Å². The van der Waals surface area contributed by atoms with Crippen LogP contribution in [0.4, 0.5) is 5.69 Å². The number of amides is 1. The number of carbonyl (C=O) groups is 2. The SMILES string of the molecule is CC1=NN(c2ccc(C(=O)NC3(C(=O)O)CCCC3)cc2)CC1. The number of hydrogen-bond donors (Lipinski definition) is 2. The van der Waals surface area contributed by atoms with E-state index in [4.69, 9.17) is 0 Å². The van der Waals surface area contributed by atoms with Gasteiger partial charge >= 0.3 is 5.97 Å². The lowest BCUT2D eigenvalue weighted by Gasteiger charge is -2.25. The molecule has 0 bridgehead atoms. The van der Waals surface area contributed by atoms with Crippen molar-refractivity contribution >= 4 is 23.3 Å². The van der Waals surface area contributed by atoms with Crippen molar-refractivity contribution in [2.24, 2.45) is 5.10 Å². The van der Waals surface area contributed by atoms with Crippen molar-refractivity contribution in [1.29, 1.82) is 0 Å². The smallest absolute Gasteiger partial charge is 0.329 e. The van der Waals surface area contributed by atoms with Gasteiger partial charge < -0.3 is 10.4 Å². The molecule has 1 heterocycles. The second-order valence-corrected chi connectivity index (χ2v) is 6.30. The molecule has 1 aromatic carbocycles. The average molecular weight is 315 g/mol. The van der Waals surface area contributed by atoms with Gasteiger partial charge in [0.05, 0.1) is 5.69 Å². The minimum Gasteiger partial charge on any atom is -0.480 e. The van der Waals surface area contributed by atoms with E-state index in [0.717, 1.165) is 37.2 Å². The molecule has 6 nitrogen and oxygen atoms in total. The Morgan fingerprint density at radius 2 is 1.87 bits per heavy atom. The number of anilines is 1. The molecule has 1 amide bonds. The van der Waals surface area contributed by atoms with Gasteiger partial charge in [-0.3, -0.25) is 9.80 Å². The van der Waals surface area contributed by atoms with Gasteiger partial charge in [0, 0.05) is 24.2 Å². The summed E-state index contributed by atoms with van der Waals surface area (Å²) >= 11 is 0. The molecule has 0 saturated heterocycles. The molecular formula is C17H21N3O3. The predicted molar refractivity (Wildman–Crippen MR) is 87.8 cm³/mol. The molecule has 1 fully saturated rings. The first kappa shape index (κ1) is 15.5. The van der Waals surface area contributed by atoms with E-state index < -0.39 is 11.5 Å². The number of carbonyl (C=O) groups excluding carboxylic acids is 1. The highest BCUT2D eigenvalue weighted by Gasteiger charge is 2.42. The number of benzene rings is 1. The first-order valence-electron chi connectivity index (χ1n) is 7.98. The minimum atomic E-state index is -1.11. The molecule has 3 rings (SSSR count). The van der Waals surface area contributed by atoms with Gasteiger partial charge in [0.15, 0.2) is 0 Å². The maximum Gasteiger partial charge on any atom is 0.329 e. The lowest BCUT2D eigenvalue weighted by molar-refractivity contribution is -0.144. The van der Waals surface area contributed by atoms with Gasteiger partial charge in [-0.05, 0) is 44.0 Å². The summed E-state index contributed by atoms with van der Waals surface area (Å²) in [7, 11) is 0. The average Bonchev–Trinajstić information content (AvgIpc) is 3.17. The van der Waals surface area contributed by atoms with Gasteiger partial charge in [0.1, 0.15) is 5.54 Å². The first-order chi connectivity index (χ1) is 11.0. The van der Waals surface area contributed by atoms with Gasteiger partial charge in [-0.2, -0.15) is 5.10 Å². The largest absolute Gasteiger partial charge is 0.480 e. The monoisotopic (exact) mass is 315 g/mol. The fourth-order valence-corrected chi connectivity index (χ4v) is 3.21. The van der Waals surface area contributed by atoms with Crippen molar-refractivity contribution in [2.45, 2.75) is 44.6 Å². The van der Waals surface area contributed by atoms with E-state index in [1.165, 1.54) is 0 Å². The summed E-state index contributed by atoms with van der Waals surface area (Å²) in [6.45, 7) is 2.84. The van der Waals surface area contributed by atoms with Gasteiger partial charge in [-0.25, -0.2) is 4.79 Å². The van der Waals surface area contributed by atoms with E-state index in [9.17, 15) is 14.7 Å². The molecule has 1 aliphatic carbocycles. The van der Waals surface area contributed by atoms with Gasteiger partial charge in [-0.15, -0.1) is 0 Å². The second-order valence-electron chi connectivity index (χ2n) is 6.30. The van der Waals surface area contributed by atoms with Gasteiger partial charge in [-0.1, -0.05) is 12.8 Å². The van der Waals surface area contributed by atoms with Crippen molar-refractivity contribution in [1.82, 2.24) is 5.32 Å². The van der Waals surface area contributed by atoms with Crippen LogP contribution in [0.15, 0.2) is 29.4 Å². The number of hydrogen-bond acceptors (Lipinski definition) is 4. The van der Waals surface area contributed by atoms with Crippen LogP contribution in [-0.2, 0) is 4.79 Å². The zero-order valence-electron chi connectivity index (χ0n) is 13.2. The molecule has 122 valence electrons. The van der Waals surface area contributed by atoms with Crippen LogP contribution in [0, 0.1) is 0 Å². The van der Waals surface area contributed by atoms with Crippen molar-refractivity contribution in [2.75, 3.05) is 11.6 Å². The molecule has 0 atom stereocenters. The summed E-state index contributed by atoms with van der Waals surface area (Å²) < 4.78 is 0. The van der Waals surface area contributed by atoms with Crippen LogP contribution in [0.3, 0.4) is 0 Å². The second kappa shape index (κ2) is 6.02. The zero-order chi connectivity index (χ0) is 16.4. The fraction of sp³-hybridized carbons (Fsp3) is 0.471. The standard InChI is InChI=1S/C17H21N3O3/c1-12-8-11-20(19-12)14-6-4-13(5-7-14)15(21)18-17(16(22)23)9-2-3-10-17/h4-7H,2-3,8-11H2,1H3,(H,18,21)(H,22,23). The third-order valence-electron chi connectivity index (χ3n) is 4.62. The highest BCUT2D eigenvalue weighted by Crippen LogP contribution is 2.30. The molecular weight excluding hydrogens is 294 g/mol. The van der Waals surface area contributed by atoms with Crippen LogP contribution in [-0.4, -0.2) is 34.8 Å². The summed E-state index contributed by atoms with van der Waals surface area (Å²) in [4.78, 5) is 23.9. The molecule has 0 aromatic heterocycles. The minimum absolute atomic E-state index is 0.332. The van der Waals surface area contributed by atoms with Crippen molar-refractivity contribution in [3.8, 4) is 0 Å². The number of carboxylic acids is 1. The van der Waals surface area contributed by atoms with Crippen LogP contribution >= 0.6 is 0 Å². The van der Waals surface area contributed by atoms with E-state index in [2.05, 4.69) is 10.4 Å². The Morgan fingerprint density at radius 1 is 1.22 bits per heavy atom. The molecule has 0 radical (unpaired) electrons. The molecule has 23 heavy (non-hydrogen) atoms. The Morgan fingerprint density at radius 3 is 2.39 bits per heavy atom. The highest BCUT2D eigenvalue weighted by molar-refractivity contribution is 5.98. The van der Waals surface area contributed by atoms with Crippen molar-refractivity contribution in [3.05, 3.63) is 29.8 Å². The summed E-state index contributed by atoms with van der Waals surface area (Å²) in [5.74, 6) is -1.27. The Balaban J connectivity index is 1.72. The maximum absolute atomic E-state index is 12.4. The maximum atomic E-state index is 12.4. The number of carboxylic acid groups (broad SMARTS) is 1. The third-order valence-corrected chi connectivity index (χ3v) is 4.62. The lowest BCUT2D eigenvalue weighted by Crippen LogP contribution is -2.52. The molecule has 1 aliphatic heterocycles. The van der Waals surface area contributed by atoms with Gasteiger partial charge in [0.25, 0.3) is 5.91 Å². The Labute approximate surface area is 135 Å². The molecule has 6 heteroatoms. The quantitative estimate of drug-likeness (QED) is 0.894. The molecule has 2 N–H and O–H groups in total. The Hall–Kier alpha value is -2.37. The van der Waals surface area contributed by atoms with Crippen LogP contribution in [0.2, 0.25) is 0 Å². The number of hydrazone groups is 1. The normalized spacial score (nSPS) is 19.5. The first-order valence-corrected chi connectivity index (χ1v) is 7.98. The van der Waals surface area contributed by atoms with Crippen LogP contribution in [0.1, 0.15) is 49.4 Å². The number of nitrogens with one attached hydrogen (secondary N) is 1. The highest BCUT2D eigenvalue weighted by atomic mass is 16.4.